The van der Waals surface area contributed by atoms with Crippen molar-refractivity contribution in [3.8, 4) is 22.6 Å². The van der Waals surface area contributed by atoms with Gasteiger partial charge in [-0.15, -0.1) is 0 Å². The van der Waals surface area contributed by atoms with Crippen LogP contribution in [0.15, 0.2) is 167 Å². The van der Waals surface area contributed by atoms with Crippen molar-refractivity contribution in [3.05, 3.63) is 158 Å². The zero-order valence-corrected chi connectivity index (χ0v) is 24.2. The molecule has 0 amide bonds. The molecule has 0 bridgehead atoms. The summed E-state index contributed by atoms with van der Waals surface area (Å²) in [4.78, 5) is 7.15. The van der Waals surface area contributed by atoms with E-state index in [1.807, 2.05) is 36.4 Å². The number of rotatable bonds is 5. The molecule has 0 radical (unpaired) electrons. The summed E-state index contributed by atoms with van der Waals surface area (Å²) >= 11 is 0. The van der Waals surface area contributed by atoms with Gasteiger partial charge in [0.2, 0.25) is 5.89 Å². The smallest absolute Gasteiger partial charge is 0.227 e. The second-order valence-electron chi connectivity index (χ2n) is 11.2. The van der Waals surface area contributed by atoms with E-state index in [4.69, 9.17) is 13.8 Å². The molecule has 0 saturated heterocycles. The van der Waals surface area contributed by atoms with E-state index in [0.29, 0.717) is 5.89 Å². The van der Waals surface area contributed by atoms with Crippen molar-refractivity contribution in [3.63, 3.8) is 0 Å². The van der Waals surface area contributed by atoms with Gasteiger partial charge in [-0.2, -0.15) is 0 Å². The molecule has 9 rings (SSSR count). The molecule has 0 N–H and O–H groups in total. The molecule has 7 aromatic carbocycles. The van der Waals surface area contributed by atoms with Crippen LogP contribution in [0.25, 0.3) is 66.4 Å². The van der Waals surface area contributed by atoms with Crippen molar-refractivity contribution in [2.24, 2.45) is 0 Å². The predicted octanol–water partition coefficient (Wildman–Crippen LogP) is 11.7. The van der Waals surface area contributed by atoms with Crippen molar-refractivity contribution in [1.29, 1.82) is 0 Å². The predicted molar refractivity (Wildman–Crippen MR) is 184 cm³/mol. The standard InChI is InChI=1S/C41H26N2O2/c1-2-8-27(9-3-1)29-14-19-32(20-15-29)43(34-23-16-28-10-4-5-11-31(28)26-34)33-21-17-30(18-22-33)41-42-36-24-25-38-39(40(36)45-41)35-12-6-7-13-37(35)44-38/h1-26H. The Balaban J connectivity index is 1.13. The van der Waals surface area contributed by atoms with Crippen molar-refractivity contribution < 1.29 is 8.83 Å². The number of anilines is 3. The van der Waals surface area contributed by atoms with E-state index in [-0.39, 0.29) is 0 Å². The average Bonchev–Trinajstić information content (AvgIpc) is 3.71. The summed E-state index contributed by atoms with van der Waals surface area (Å²) in [5.74, 6) is 0.582. The van der Waals surface area contributed by atoms with E-state index >= 15 is 0 Å². The van der Waals surface area contributed by atoms with E-state index in [0.717, 1.165) is 55.7 Å². The maximum Gasteiger partial charge on any atom is 0.227 e. The molecule has 0 saturated carbocycles. The van der Waals surface area contributed by atoms with Crippen LogP contribution < -0.4 is 4.90 Å². The second-order valence-corrected chi connectivity index (χ2v) is 11.2. The molecule has 0 aliphatic rings. The quantitative estimate of drug-likeness (QED) is 0.204. The number of oxazole rings is 1. The second kappa shape index (κ2) is 10.2. The molecule has 45 heavy (non-hydrogen) atoms. The van der Waals surface area contributed by atoms with Crippen LogP contribution in [0.2, 0.25) is 0 Å². The van der Waals surface area contributed by atoms with Crippen LogP contribution >= 0.6 is 0 Å². The highest BCUT2D eigenvalue weighted by Crippen LogP contribution is 2.39. The maximum atomic E-state index is 6.42. The summed E-state index contributed by atoms with van der Waals surface area (Å²) in [5.41, 5.74) is 9.69. The molecule has 4 heteroatoms. The highest BCUT2D eigenvalue weighted by Gasteiger charge is 2.18. The van der Waals surface area contributed by atoms with Crippen molar-refractivity contribution in [1.82, 2.24) is 4.98 Å². The molecule has 2 heterocycles. The van der Waals surface area contributed by atoms with E-state index < -0.39 is 0 Å². The van der Waals surface area contributed by atoms with Gasteiger partial charge in [-0.1, -0.05) is 91.0 Å². The van der Waals surface area contributed by atoms with Crippen molar-refractivity contribution >= 4 is 60.9 Å². The van der Waals surface area contributed by atoms with Gasteiger partial charge in [-0.25, -0.2) is 4.98 Å². The van der Waals surface area contributed by atoms with E-state index in [2.05, 4.69) is 126 Å². The largest absolute Gasteiger partial charge is 0.456 e. The van der Waals surface area contributed by atoms with E-state index in [9.17, 15) is 0 Å². The highest BCUT2D eigenvalue weighted by molar-refractivity contribution is 6.16. The topological polar surface area (TPSA) is 42.4 Å². The molecule has 0 fully saturated rings. The first kappa shape index (κ1) is 25.4. The molecule has 0 aliphatic heterocycles. The lowest BCUT2D eigenvalue weighted by molar-refractivity contribution is 0.622. The molecule has 212 valence electrons. The molecular formula is C41H26N2O2. The monoisotopic (exact) mass is 578 g/mol. The van der Waals surface area contributed by atoms with Gasteiger partial charge in [-0.05, 0) is 88.6 Å². The average molecular weight is 579 g/mol. The fourth-order valence-electron chi connectivity index (χ4n) is 6.27. The molecule has 0 aliphatic carbocycles. The Kier molecular flexibility index (Phi) is 5.78. The minimum Gasteiger partial charge on any atom is -0.456 e. The van der Waals surface area contributed by atoms with Gasteiger partial charge >= 0.3 is 0 Å². The molecule has 0 atom stereocenters. The molecule has 4 nitrogen and oxygen atoms in total. The lowest BCUT2D eigenvalue weighted by atomic mass is 10.0. The zero-order chi connectivity index (χ0) is 29.7. The Morgan fingerprint density at radius 1 is 0.444 bits per heavy atom. The van der Waals surface area contributed by atoms with E-state index in [1.54, 1.807) is 0 Å². The van der Waals surface area contributed by atoms with Crippen LogP contribution in [0.5, 0.6) is 0 Å². The van der Waals surface area contributed by atoms with Gasteiger partial charge in [-0.3, -0.25) is 0 Å². The number of benzene rings is 7. The van der Waals surface area contributed by atoms with Crippen LogP contribution in [0, 0.1) is 0 Å². The SMILES string of the molecule is c1ccc(-c2ccc(N(c3ccc(-c4nc5ccc6oc7ccccc7c6c5o4)cc3)c3ccc4ccccc4c3)cc2)cc1. The third kappa shape index (κ3) is 4.35. The summed E-state index contributed by atoms with van der Waals surface area (Å²) in [5, 5.41) is 4.40. The molecular weight excluding hydrogens is 552 g/mol. The lowest BCUT2D eigenvalue weighted by Crippen LogP contribution is -2.09. The number of hydrogen-bond acceptors (Lipinski definition) is 4. The van der Waals surface area contributed by atoms with Gasteiger partial charge < -0.3 is 13.7 Å². The van der Waals surface area contributed by atoms with Crippen LogP contribution in [0.3, 0.4) is 0 Å². The molecule has 0 unspecified atom stereocenters. The van der Waals surface area contributed by atoms with Crippen molar-refractivity contribution in [2.45, 2.75) is 0 Å². The van der Waals surface area contributed by atoms with Gasteiger partial charge in [0.15, 0.2) is 5.58 Å². The molecule has 0 spiro atoms. The van der Waals surface area contributed by atoms with Crippen LogP contribution in [0.1, 0.15) is 0 Å². The maximum absolute atomic E-state index is 6.42. The molecule has 2 aromatic heterocycles. The Morgan fingerprint density at radius 3 is 1.89 bits per heavy atom. The van der Waals surface area contributed by atoms with Gasteiger partial charge in [0.25, 0.3) is 0 Å². The number of nitrogens with zero attached hydrogens (tertiary/aromatic N) is 2. The fraction of sp³-hybridized carbons (Fsp3) is 0. The summed E-state index contributed by atoms with van der Waals surface area (Å²) in [7, 11) is 0. The van der Waals surface area contributed by atoms with Crippen LogP contribution in [-0.4, -0.2) is 4.98 Å². The minimum atomic E-state index is 0.582. The van der Waals surface area contributed by atoms with Gasteiger partial charge in [0.1, 0.15) is 16.7 Å². The summed E-state index contributed by atoms with van der Waals surface area (Å²) < 4.78 is 12.5. The van der Waals surface area contributed by atoms with Crippen LogP contribution in [-0.2, 0) is 0 Å². The zero-order valence-electron chi connectivity index (χ0n) is 24.2. The Labute approximate surface area is 259 Å². The third-order valence-corrected chi connectivity index (χ3v) is 8.49. The summed E-state index contributed by atoms with van der Waals surface area (Å²) in [6.45, 7) is 0. The minimum absolute atomic E-state index is 0.582. The van der Waals surface area contributed by atoms with Crippen molar-refractivity contribution in [2.75, 3.05) is 4.90 Å². The summed E-state index contributed by atoms with van der Waals surface area (Å²) in [6, 6.07) is 54.7. The summed E-state index contributed by atoms with van der Waals surface area (Å²) in [6.07, 6.45) is 0. The lowest BCUT2D eigenvalue weighted by Gasteiger charge is -2.26. The number of hydrogen-bond donors (Lipinski definition) is 0. The van der Waals surface area contributed by atoms with E-state index in [1.165, 1.54) is 21.9 Å². The first-order chi connectivity index (χ1) is 22.3. The van der Waals surface area contributed by atoms with Gasteiger partial charge in [0.05, 0.1) is 5.39 Å². The number of aromatic nitrogens is 1. The Bertz CT molecular complexity index is 2470. The Hall–Kier alpha value is -6.13. The first-order valence-corrected chi connectivity index (χ1v) is 15.0. The highest BCUT2D eigenvalue weighted by atomic mass is 16.4. The van der Waals surface area contributed by atoms with Gasteiger partial charge in [0, 0.05) is 28.0 Å². The Morgan fingerprint density at radius 2 is 1.09 bits per heavy atom. The number of furan rings is 1. The third-order valence-electron chi connectivity index (χ3n) is 8.49. The first-order valence-electron chi connectivity index (χ1n) is 15.0. The number of fused-ring (bicyclic) bond motifs is 6. The molecule has 9 aromatic rings. The number of para-hydroxylation sites is 1. The fourth-order valence-corrected chi connectivity index (χ4v) is 6.27. The normalized spacial score (nSPS) is 11.6. The van der Waals surface area contributed by atoms with Crippen LogP contribution in [0.4, 0.5) is 17.1 Å².